The Morgan fingerprint density at radius 1 is 1.48 bits per heavy atom. The number of aryl methyl sites for hydroxylation is 1. The Morgan fingerprint density at radius 2 is 2.19 bits per heavy atom. The molecule has 0 spiro atoms. The molecule has 0 aliphatic carbocycles. The van der Waals surface area contributed by atoms with Crippen molar-refractivity contribution in [2.45, 2.75) is 6.92 Å². The number of ether oxygens (including phenoxy) is 1. The summed E-state index contributed by atoms with van der Waals surface area (Å²) in [5, 5.41) is 15.1. The Labute approximate surface area is 120 Å². The summed E-state index contributed by atoms with van der Waals surface area (Å²) in [6.07, 6.45) is 1.47. The van der Waals surface area contributed by atoms with Crippen molar-refractivity contribution >= 4 is 17.6 Å². The number of imide groups is 1. The summed E-state index contributed by atoms with van der Waals surface area (Å²) in [7, 11) is 0. The molecule has 0 aliphatic heterocycles. The van der Waals surface area contributed by atoms with Crippen LogP contribution in [0.2, 0.25) is 0 Å². The fourth-order valence-corrected chi connectivity index (χ4v) is 1.44. The summed E-state index contributed by atoms with van der Waals surface area (Å²) in [6, 6.07) is 3.47. The highest BCUT2D eigenvalue weighted by Crippen LogP contribution is 2.22. The molecule has 2 N–H and O–H groups in total. The fourth-order valence-electron chi connectivity index (χ4n) is 1.44. The molecule has 0 radical (unpaired) electrons. The van der Waals surface area contributed by atoms with Gasteiger partial charge in [0, 0.05) is 18.2 Å². The Kier molecular flexibility index (Phi) is 5.87. The summed E-state index contributed by atoms with van der Waals surface area (Å²) in [4.78, 5) is 32.7. The van der Waals surface area contributed by atoms with E-state index in [-0.39, 0.29) is 18.8 Å². The number of hydrogen-bond acceptors (Lipinski definition) is 5. The van der Waals surface area contributed by atoms with Gasteiger partial charge in [0.1, 0.15) is 5.75 Å². The van der Waals surface area contributed by atoms with Crippen molar-refractivity contribution < 1.29 is 19.2 Å². The van der Waals surface area contributed by atoms with Crippen LogP contribution >= 0.6 is 0 Å². The molecule has 0 bridgehead atoms. The van der Waals surface area contributed by atoms with E-state index in [1.165, 1.54) is 24.3 Å². The van der Waals surface area contributed by atoms with Crippen LogP contribution in [0, 0.1) is 17.0 Å². The molecule has 0 saturated carbocycles. The standard InChI is InChI=1S/C13H15N3O5/c1-3-6-14-13(18)15-12(17)8-21-10-4-5-11(16(19)20)9(2)7-10/h3-5,7H,1,6,8H2,2H3,(H2,14,15,17,18). The van der Waals surface area contributed by atoms with Crippen molar-refractivity contribution in [2.24, 2.45) is 0 Å². The lowest BCUT2D eigenvalue weighted by Crippen LogP contribution is -2.41. The lowest BCUT2D eigenvalue weighted by molar-refractivity contribution is -0.385. The number of nitrogens with one attached hydrogen (secondary N) is 2. The third kappa shape index (κ3) is 5.31. The first kappa shape index (κ1) is 16.2. The number of rotatable bonds is 6. The lowest BCUT2D eigenvalue weighted by atomic mass is 10.2. The normalized spacial score (nSPS) is 9.57. The molecule has 1 rings (SSSR count). The number of benzene rings is 1. The van der Waals surface area contributed by atoms with Crippen LogP contribution in [0.4, 0.5) is 10.5 Å². The maximum Gasteiger partial charge on any atom is 0.321 e. The first-order valence-electron chi connectivity index (χ1n) is 6.00. The number of nitrogens with zero attached hydrogens (tertiary/aromatic N) is 1. The zero-order chi connectivity index (χ0) is 15.8. The average Bonchev–Trinajstić information content (AvgIpc) is 2.42. The summed E-state index contributed by atoms with van der Waals surface area (Å²) >= 11 is 0. The Balaban J connectivity index is 2.50. The Morgan fingerprint density at radius 3 is 2.76 bits per heavy atom. The van der Waals surface area contributed by atoms with E-state index in [0.717, 1.165) is 0 Å². The predicted molar refractivity (Wildman–Crippen MR) is 75.1 cm³/mol. The largest absolute Gasteiger partial charge is 0.484 e. The van der Waals surface area contributed by atoms with Crippen LogP contribution in [0.5, 0.6) is 5.75 Å². The van der Waals surface area contributed by atoms with Gasteiger partial charge in [-0.3, -0.25) is 20.2 Å². The van der Waals surface area contributed by atoms with Crippen molar-refractivity contribution in [3.63, 3.8) is 0 Å². The number of carbonyl (C=O) groups excluding carboxylic acids is 2. The number of nitro groups is 1. The molecule has 21 heavy (non-hydrogen) atoms. The van der Waals surface area contributed by atoms with Gasteiger partial charge in [0.2, 0.25) is 0 Å². The molecule has 0 aromatic heterocycles. The third-order valence-corrected chi connectivity index (χ3v) is 2.39. The zero-order valence-corrected chi connectivity index (χ0v) is 11.4. The first-order chi connectivity index (χ1) is 9.93. The smallest absolute Gasteiger partial charge is 0.321 e. The van der Waals surface area contributed by atoms with E-state index in [4.69, 9.17) is 4.74 Å². The number of hydrogen-bond donors (Lipinski definition) is 2. The molecule has 1 aromatic rings. The highest BCUT2D eigenvalue weighted by atomic mass is 16.6. The van der Waals surface area contributed by atoms with Gasteiger partial charge in [-0.15, -0.1) is 6.58 Å². The van der Waals surface area contributed by atoms with Crippen LogP contribution in [-0.4, -0.2) is 30.0 Å². The monoisotopic (exact) mass is 293 g/mol. The molecule has 1 aromatic carbocycles. The van der Waals surface area contributed by atoms with Gasteiger partial charge in [0.05, 0.1) is 4.92 Å². The van der Waals surface area contributed by atoms with E-state index in [1.54, 1.807) is 6.92 Å². The SMILES string of the molecule is C=CCNC(=O)NC(=O)COc1ccc([N+](=O)[O-])c(C)c1. The molecule has 0 atom stereocenters. The van der Waals surface area contributed by atoms with Crippen LogP contribution in [-0.2, 0) is 4.79 Å². The average molecular weight is 293 g/mol. The summed E-state index contributed by atoms with van der Waals surface area (Å²) in [5.41, 5.74) is 0.386. The van der Waals surface area contributed by atoms with E-state index in [9.17, 15) is 19.7 Å². The van der Waals surface area contributed by atoms with Gasteiger partial charge in [-0.1, -0.05) is 6.08 Å². The van der Waals surface area contributed by atoms with Crippen molar-refractivity contribution in [1.82, 2.24) is 10.6 Å². The van der Waals surface area contributed by atoms with E-state index in [1.807, 2.05) is 0 Å². The lowest BCUT2D eigenvalue weighted by Gasteiger charge is -2.08. The fraction of sp³-hybridized carbons (Fsp3) is 0.231. The van der Waals surface area contributed by atoms with E-state index >= 15 is 0 Å². The van der Waals surface area contributed by atoms with Crippen LogP contribution in [0.3, 0.4) is 0 Å². The molecule has 0 unspecified atom stereocenters. The van der Waals surface area contributed by atoms with E-state index < -0.39 is 16.9 Å². The van der Waals surface area contributed by atoms with Crippen LogP contribution < -0.4 is 15.4 Å². The number of carbonyl (C=O) groups is 2. The second-order valence-corrected chi connectivity index (χ2v) is 4.04. The summed E-state index contributed by atoms with van der Waals surface area (Å²) < 4.78 is 5.15. The van der Waals surface area contributed by atoms with Crippen molar-refractivity contribution in [1.29, 1.82) is 0 Å². The molecule has 0 heterocycles. The van der Waals surface area contributed by atoms with Gasteiger partial charge in [0.15, 0.2) is 6.61 Å². The second-order valence-electron chi connectivity index (χ2n) is 4.04. The quantitative estimate of drug-likeness (QED) is 0.466. The Bertz CT molecular complexity index is 571. The van der Waals surface area contributed by atoms with Gasteiger partial charge in [-0.2, -0.15) is 0 Å². The molecule has 0 saturated heterocycles. The number of nitro benzene ring substituents is 1. The predicted octanol–water partition coefficient (Wildman–Crippen LogP) is 1.29. The molecule has 8 nitrogen and oxygen atoms in total. The van der Waals surface area contributed by atoms with Crippen molar-refractivity contribution in [3.8, 4) is 5.75 Å². The highest BCUT2D eigenvalue weighted by Gasteiger charge is 2.12. The zero-order valence-electron chi connectivity index (χ0n) is 11.4. The molecular formula is C13H15N3O5. The minimum Gasteiger partial charge on any atom is -0.484 e. The van der Waals surface area contributed by atoms with E-state index in [2.05, 4.69) is 17.2 Å². The third-order valence-electron chi connectivity index (χ3n) is 2.39. The van der Waals surface area contributed by atoms with Crippen LogP contribution in [0.1, 0.15) is 5.56 Å². The van der Waals surface area contributed by atoms with Crippen LogP contribution in [0.15, 0.2) is 30.9 Å². The summed E-state index contributed by atoms with van der Waals surface area (Å²) in [5.74, 6) is -0.327. The van der Waals surface area contributed by atoms with Crippen molar-refractivity contribution in [3.05, 3.63) is 46.5 Å². The molecule has 0 aliphatic rings. The van der Waals surface area contributed by atoms with Gasteiger partial charge < -0.3 is 10.1 Å². The summed E-state index contributed by atoms with van der Waals surface area (Å²) in [6.45, 7) is 4.84. The molecule has 8 heteroatoms. The van der Waals surface area contributed by atoms with Gasteiger partial charge in [0.25, 0.3) is 11.6 Å². The van der Waals surface area contributed by atoms with Gasteiger partial charge in [-0.05, 0) is 19.1 Å². The second kappa shape index (κ2) is 7.63. The van der Waals surface area contributed by atoms with Crippen molar-refractivity contribution in [2.75, 3.05) is 13.2 Å². The number of amides is 3. The van der Waals surface area contributed by atoms with Gasteiger partial charge >= 0.3 is 6.03 Å². The minimum absolute atomic E-state index is 0.0318. The maximum atomic E-state index is 11.4. The molecular weight excluding hydrogens is 278 g/mol. The minimum atomic E-state index is -0.650. The maximum absolute atomic E-state index is 11.4. The molecule has 112 valence electrons. The molecule has 3 amide bonds. The van der Waals surface area contributed by atoms with Gasteiger partial charge in [-0.25, -0.2) is 4.79 Å². The van der Waals surface area contributed by atoms with Crippen LogP contribution in [0.25, 0.3) is 0 Å². The Hall–Kier alpha value is -2.90. The number of urea groups is 1. The topological polar surface area (TPSA) is 111 Å². The first-order valence-corrected chi connectivity index (χ1v) is 6.00. The molecule has 0 fully saturated rings. The highest BCUT2D eigenvalue weighted by molar-refractivity contribution is 5.95. The van der Waals surface area contributed by atoms with E-state index in [0.29, 0.717) is 11.3 Å².